The van der Waals surface area contributed by atoms with Crippen molar-refractivity contribution in [3.8, 4) is 6.07 Å². The highest BCUT2D eigenvalue weighted by Gasteiger charge is 2.54. The summed E-state index contributed by atoms with van der Waals surface area (Å²) in [5.74, 6) is 0. The summed E-state index contributed by atoms with van der Waals surface area (Å²) in [5.41, 5.74) is 3.85. The number of aromatic nitrogens is 6. The van der Waals surface area contributed by atoms with E-state index in [1.165, 1.54) is 10.9 Å². The third-order valence-corrected chi connectivity index (χ3v) is 7.95. The van der Waals surface area contributed by atoms with E-state index in [1.807, 2.05) is 35.9 Å². The van der Waals surface area contributed by atoms with E-state index >= 15 is 0 Å². The van der Waals surface area contributed by atoms with Gasteiger partial charge in [0.25, 0.3) is 6.43 Å². The predicted octanol–water partition coefficient (Wildman–Crippen LogP) is 6.65. The van der Waals surface area contributed by atoms with Gasteiger partial charge in [0.15, 0.2) is 0 Å². The molecule has 2 aromatic carbocycles. The fourth-order valence-electron chi connectivity index (χ4n) is 5.23. The number of imidazole rings is 1. The number of benzene rings is 2. The molecule has 0 radical (unpaired) electrons. The van der Waals surface area contributed by atoms with Crippen molar-refractivity contribution in [3.63, 3.8) is 0 Å². The number of nitrogens with one attached hydrogen (secondary N) is 2. The average Bonchev–Trinajstić information content (AvgIpc) is 3.47. The van der Waals surface area contributed by atoms with Crippen molar-refractivity contribution in [1.29, 1.82) is 5.26 Å². The van der Waals surface area contributed by atoms with Gasteiger partial charge in [0, 0.05) is 36.4 Å². The Balaban J connectivity index is 1.49. The molecule has 1 fully saturated rings. The second-order valence-corrected chi connectivity index (χ2v) is 12.5. The zero-order valence-corrected chi connectivity index (χ0v) is 24.4. The van der Waals surface area contributed by atoms with Crippen LogP contribution in [0.1, 0.15) is 56.5 Å². The van der Waals surface area contributed by atoms with E-state index in [2.05, 4.69) is 57.8 Å². The third kappa shape index (κ3) is 4.90. The summed E-state index contributed by atoms with van der Waals surface area (Å²) < 4.78 is 31.1. The van der Waals surface area contributed by atoms with E-state index in [1.54, 1.807) is 18.6 Å². The van der Waals surface area contributed by atoms with Crippen LogP contribution in [0.2, 0.25) is 5.02 Å². The van der Waals surface area contributed by atoms with Crippen LogP contribution in [0.25, 0.3) is 21.9 Å². The molecule has 1 saturated carbocycles. The minimum Gasteiger partial charge on any atom is -0.383 e. The normalized spacial score (nSPS) is 15.2. The maximum Gasteiger partial charge on any atom is 0.263 e. The number of nitriles is 1. The van der Waals surface area contributed by atoms with Crippen molar-refractivity contribution >= 4 is 44.9 Å². The topological polar surface area (TPSA) is 109 Å². The van der Waals surface area contributed by atoms with Gasteiger partial charge < -0.3 is 15.2 Å². The Morgan fingerprint density at radius 1 is 1.19 bits per heavy atom. The number of anilines is 2. The first-order chi connectivity index (χ1) is 20.0. The Bertz CT molecular complexity index is 1840. The van der Waals surface area contributed by atoms with Crippen LogP contribution in [-0.2, 0) is 12.6 Å². The Morgan fingerprint density at radius 3 is 2.67 bits per heavy atom. The lowest BCUT2D eigenvalue weighted by Gasteiger charge is -2.23. The summed E-state index contributed by atoms with van der Waals surface area (Å²) in [6.45, 7) is 6.93. The second-order valence-electron chi connectivity index (χ2n) is 12.1. The molecule has 42 heavy (non-hydrogen) atoms. The van der Waals surface area contributed by atoms with Crippen molar-refractivity contribution in [1.82, 2.24) is 29.5 Å². The van der Waals surface area contributed by atoms with E-state index < -0.39 is 18.0 Å². The fraction of sp³-hybridized carbons (Fsp3) is 0.367. The summed E-state index contributed by atoms with van der Waals surface area (Å²) in [4.78, 5) is 8.95. The zero-order valence-electron chi connectivity index (χ0n) is 23.7. The van der Waals surface area contributed by atoms with Gasteiger partial charge in [-0.1, -0.05) is 49.7 Å². The lowest BCUT2D eigenvalue weighted by Crippen LogP contribution is -2.26. The molecule has 3 heterocycles. The lowest BCUT2D eigenvalue weighted by atomic mass is 9.96. The largest absolute Gasteiger partial charge is 0.383 e. The highest BCUT2D eigenvalue weighted by atomic mass is 35.5. The first-order valence-corrected chi connectivity index (χ1v) is 14.0. The van der Waals surface area contributed by atoms with Crippen molar-refractivity contribution in [2.24, 2.45) is 12.5 Å². The van der Waals surface area contributed by atoms with E-state index in [9.17, 15) is 14.0 Å². The van der Waals surface area contributed by atoms with Gasteiger partial charge >= 0.3 is 0 Å². The lowest BCUT2D eigenvalue weighted by molar-refractivity contribution is 0.0593. The maximum atomic E-state index is 13.9. The van der Waals surface area contributed by atoms with E-state index in [4.69, 9.17) is 11.6 Å². The predicted molar refractivity (Wildman–Crippen MR) is 159 cm³/mol. The minimum atomic E-state index is -2.54. The van der Waals surface area contributed by atoms with E-state index in [0.29, 0.717) is 57.9 Å². The van der Waals surface area contributed by atoms with Crippen LogP contribution in [0, 0.1) is 16.7 Å². The van der Waals surface area contributed by atoms with Crippen LogP contribution in [0.3, 0.4) is 0 Å². The van der Waals surface area contributed by atoms with Gasteiger partial charge in [-0.2, -0.15) is 5.26 Å². The molecule has 1 atom stereocenters. The highest BCUT2D eigenvalue weighted by molar-refractivity contribution is 6.35. The second kappa shape index (κ2) is 10.2. The van der Waals surface area contributed by atoms with E-state index in [0.717, 1.165) is 16.6 Å². The van der Waals surface area contributed by atoms with E-state index in [-0.39, 0.29) is 5.41 Å². The number of hydrogen-bond acceptors (Lipinski definition) is 7. The van der Waals surface area contributed by atoms with Crippen molar-refractivity contribution in [3.05, 3.63) is 70.9 Å². The molecule has 216 valence electrons. The molecule has 0 amide bonds. The molecule has 3 aromatic heterocycles. The summed E-state index contributed by atoms with van der Waals surface area (Å²) in [6, 6.07) is 11.1. The van der Waals surface area contributed by atoms with Gasteiger partial charge in [-0.25, -0.2) is 18.4 Å². The number of aryl methyl sites for hydroxylation is 1. The Morgan fingerprint density at radius 2 is 1.98 bits per heavy atom. The zero-order chi connectivity index (χ0) is 29.8. The molecule has 6 rings (SSSR count). The first-order valence-electron chi connectivity index (χ1n) is 13.6. The summed E-state index contributed by atoms with van der Waals surface area (Å²) in [6.07, 6.45) is 3.00. The molecule has 0 unspecified atom stereocenters. The van der Waals surface area contributed by atoms with Crippen LogP contribution in [0.4, 0.5) is 20.2 Å². The van der Waals surface area contributed by atoms with Crippen LogP contribution < -0.4 is 10.6 Å². The number of hydrogen-bond donors (Lipinski definition) is 2. The van der Waals surface area contributed by atoms with Gasteiger partial charge in [-0.15, -0.1) is 5.10 Å². The maximum absolute atomic E-state index is 13.9. The Kier molecular flexibility index (Phi) is 6.77. The molecule has 5 aromatic rings. The number of pyridine rings is 1. The van der Waals surface area contributed by atoms with Gasteiger partial charge in [-0.05, 0) is 36.5 Å². The molecule has 1 aliphatic rings. The minimum absolute atomic E-state index is 0.0438. The van der Waals surface area contributed by atoms with Crippen LogP contribution in [0.15, 0.2) is 49.1 Å². The molecule has 1 aliphatic carbocycles. The summed E-state index contributed by atoms with van der Waals surface area (Å²) in [7, 11) is 1.90. The number of fused-ring (bicyclic) bond motifs is 2. The summed E-state index contributed by atoms with van der Waals surface area (Å²) in [5, 5.41) is 26.4. The monoisotopic (exact) mass is 589 g/mol. The molecule has 0 spiro atoms. The number of alkyl halides is 2. The van der Waals surface area contributed by atoms with Crippen LogP contribution in [-0.4, -0.2) is 42.5 Å². The van der Waals surface area contributed by atoms with Crippen LogP contribution >= 0.6 is 11.6 Å². The summed E-state index contributed by atoms with van der Waals surface area (Å²) >= 11 is 6.76. The molecule has 0 aliphatic heterocycles. The first kappa shape index (κ1) is 27.8. The smallest absolute Gasteiger partial charge is 0.263 e. The number of para-hydroxylation sites is 1. The van der Waals surface area contributed by atoms with Gasteiger partial charge in [-0.3, -0.25) is 4.98 Å². The Labute approximate surface area is 246 Å². The molecule has 9 nitrogen and oxygen atoms in total. The van der Waals surface area contributed by atoms with Crippen molar-refractivity contribution in [2.75, 3.05) is 17.2 Å². The number of halogens is 3. The highest BCUT2D eigenvalue weighted by Crippen LogP contribution is 2.48. The van der Waals surface area contributed by atoms with Gasteiger partial charge in [0.2, 0.25) is 0 Å². The van der Waals surface area contributed by atoms with Gasteiger partial charge in [0.1, 0.15) is 17.3 Å². The average molecular weight is 590 g/mol. The molecular weight excluding hydrogens is 560 g/mol. The quantitative estimate of drug-likeness (QED) is 0.208. The van der Waals surface area contributed by atoms with Gasteiger partial charge in [0.05, 0.1) is 51.4 Å². The van der Waals surface area contributed by atoms with Crippen molar-refractivity contribution < 1.29 is 8.78 Å². The van der Waals surface area contributed by atoms with Crippen LogP contribution in [0.5, 0.6) is 0 Å². The molecule has 12 heteroatoms. The number of rotatable bonds is 8. The van der Waals surface area contributed by atoms with Crippen molar-refractivity contribution in [2.45, 2.75) is 51.6 Å². The third-order valence-electron chi connectivity index (χ3n) is 7.66. The molecule has 2 N–H and O–H groups in total. The SMILES string of the molecule is Cn1cnc2cccc([C@H](Nc3cc(Cl)c4ncc(C#N)c(NCC(C)(C)C)c4c3)c3cn(C4(C(F)F)CC4)nn3)c21. The molecular formula is C30H30ClF2N9. The molecule has 0 saturated heterocycles. The number of nitrogens with zero attached hydrogens (tertiary/aromatic N) is 7. The standard InChI is InChI=1S/C30H30ClF2N9/c1-29(2,3)15-36-24-17(12-34)13-35-25-20(24)10-18(11-21(25)31)38-26(19-6-5-7-22-27(19)41(4)16-37-22)23-14-42(40-39-23)30(8-9-30)28(32)33/h5-7,10-11,13-14,16,26,28,38H,8-9,15H2,1-4H3,(H,35,36)/t26-/m0/s1. The molecule has 0 bridgehead atoms. The Hall–Kier alpha value is -4.30. The fourth-order valence-corrected chi connectivity index (χ4v) is 5.50.